The van der Waals surface area contributed by atoms with Crippen molar-refractivity contribution in [1.29, 1.82) is 0 Å². The van der Waals surface area contributed by atoms with Crippen LogP contribution in [0.15, 0.2) is 24.3 Å². The molecule has 0 bridgehead atoms. The largest absolute Gasteiger partial charge is 0.330 e. The quantitative estimate of drug-likeness (QED) is 0.928. The number of hydrogen-bond donors (Lipinski definition) is 1. The summed E-state index contributed by atoms with van der Waals surface area (Å²) >= 11 is 0. The Kier molecular flexibility index (Phi) is 6.50. The average Bonchev–Trinajstić information content (AvgIpc) is 2.87. The lowest BCUT2D eigenvalue weighted by molar-refractivity contribution is -0.123. The van der Waals surface area contributed by atoms with Gasteiger partial charge in [0.2, 0.25) is 5.91 Å². The first-order valence-electron chi connectivity index (χ1n) is 7.25. The van der Waals surface area contributed by atoms with Crippen LogP contribution in [0.4, 0.5) is 5.69 Å². The van der Waals surface area contributed by atoms with Crippen molar-refractivity contribution in [3.05, 3.63) is 29.8 Å². The monoisotopic (exact) mass is 296 g/mol. The first kappa shape index (κ1) is 17.0. The molecule has 112 valence electrons. The molecule has 0 radical (unpaired) electrons. The highest BCUT2D eigenvalue weighted by Gasteiger charge is 2.34. The normalized spacial score (nSPS) is 21.4. The third-order valence-corrected chi connectivity index (χ3v) is 4.17. The van der Waals surface area contributed by atoms with Gasteiger partial charge in [-0.3, -0.25) is 4.79 Å². The number of anilines is 1. The van der Waals surface area contributed by atoms with E-state index in [0.29, 0.717) is 12.5 Å². The number of hydrogen-bond acceptors (Lipinski definition) is 2. The molecule has 0 aromatic heterocycles. The van der Waals surface area contributed by atoms with Gasteiger partial charge in [0.05, 0.1) is 0 Å². The van der Waals surface area contributed by atoms with Crippen molar-refractivity contribution in [3.63, 3.8) is 0 Å². The molecule has 0 saturated heterocycles. The minimum atomic E-state index is 0. The second-order valence-corrected chi connectivity index (χ2v) is 5.45. The molecule has 1 aliphatic carbocycles. The van der Waals surface area contributed by atoms with Crippen molar-refractivity contribution in [2.24, 2.45) is 17.6 Å². The van der Waals surface area contributed by atoms with Gasteiger partial charge in [-0.15, -0.1) is 12.4 Å². The fourth-order valence-corrected chi connectivity index (χ4v) is 3.11. The van der Waals surface area contributed by atoms with E-state index >= 15 is 0 Å². The molecule has 2 rings (SSSR count). The lowest BCUT2D eigenvalue weighted by Gasteiger charge is -2.27. The lowest BCUT2D eigenvalue weighted by atomic mass is 9.94. The smallest absolute Gasteiger partial charge is 0.230 e. The van der Waals surface area contributed by atoms with E-state index in [1.165, 1.54) is 5.56 Å². The van der Waals surface area contributed by atoms with E-state index in [1.807, 2.05) is 24.0 Å². The molecule has 20 heavy (non-hydrogen) atoms. The number of nitrogens with zero attached hydrogens (tertiary/aromatic N) is 1. The number of nitrogens with two attached hydrogens (primary N) is 1. The minimum Gasteiger partial charge on any atom is -0.330 e. The van der Waals surface area contributed by atoms with Crippen LogP contribution < -0.4 is 10.6 Å². The predicted octanol–water partition coefficient (Wildman–Crippen LogP) is 3.14. The van der Waals surface area contributed by atoms with Crippen molar-refractivity contribution >= 4 is 24.0 Å². The number of rotatable bonds is 4. The molecule has 0 heterocycles. The zero-order valence-electron chi connectivity index (χ0n) is 12.3. The van der Waals surface area contributed by atoms with E-state index in [-0.39, 0.29) is 24.2 Å². The molecular weight excluding hydrogens is 272 g/mol. The summed E-state index contributed by atoms with van der Waals surface area (Å²) < 4.78 is 0. The molecule has 0 unspecified atom stereocenters. The Morgan fingerprint density at radius 1 is 1.40 bits per heavy atom. The molecular formula is C16H25ClN2O. The van der Waals surface area contributed by atoms with E-state index in [1.54, 1.807) is 0 Å². The third kappa shape index (κ3) is 3.53. The lowest BCUT2D eigenvalue weighted by Crippen LogP contribution is -2.39. The summed E-state index contributed by atoms with van der Waals surface area (Å²) in [6.07, 6.45) is 3.21. The maximum atomic E-state index is 12.7. The summed E-state index contributed by atoms with van der Waals surface area (Å²) in [5, 5.41) is 0. The van der Waals surface area contributed by atoms with Crippen LogP contribution in [0.3, 0.4) is 0 Å². The van der Waals surface area contributed by atoms with Crippen LogP contribution in [0.25, 0.3) is 0 Å². The fraction of sp³-hybridized carbons (Fsp3) is 0.562. The van der Waals surface area contributed by atoms with Gasteiger partial charge in [0.1, 0.15) is 0 Å². The van der Waals surface area contributed by atoms with Gasteiger partial charge >= 0.3 is 0 Å². The number of halogens is 1. The van der Waals surface area contributed by atoms with Crippen LogP contribution in [-0.4, -0.2) is 19.0 Å². The van der Waals surface area contributed by atoms with Crippen molar-refractivity contribution in [2.45, 2.75) is 33.1 Å². The molecule has 1 amide bonds. The highest BCUT2D eigenvalue weighted by Crippen LogP contribution is 2.33. The maximum Gasteiger partial charge on any atom is 0.230 e. The average molecular weight is 297 g/mol. The van der Waals surface area contributed by atoms with Crippen LogP contribution in [0, 0.1) is 18.8 Å². The molecule has 3 nitrogen and oxygen atoms in total. The molecule has 1 saturated carbocycles. The van der Waals surface area contributed by atoms with Crippen LogP contribution in [0.5, 0.6) is 0 Å². The van der Waals surface area contributed by atoms with E-state index in [4.69, 9.17) is 5.73 Å². The number of carbonyl (C=O) groups excluding carboxylic acids is 1. The highest BCUT2D eigenvalue weighted by atomic mass is 35.5. The molecule has 0 aliphatic heterocycles. The first-order valence-corrected chi connectivity index (χ1v) is 7.25. The van der Waals surface area contributed by atoms with Gasteiger partial charge in [0.25, 0.3) is 0 Å². The first-order chi connectivity index (χ1) is 9.17. The van der Waals surface area contributed by atoms with Gasteiger partial charge in [-0.05, 0) is 56.8 Å². The van der Waals surface area contributed by atoms with Gasteiger partial charge in [-0.1, -0.05) is 18.6 Å². The van der Waals surface area contributed by atoms with E-state index in [9.17, 15) is 4.79 Å². The van der Waals surface area contributed by atoms with Crippen LogP contribution in [-0.2, 0) is 4.79 Å². The number of benzene rings is 1. The Morgan fingerprint density at radius 3 is 2.75 bits per heavy atom. The summed E-state index contributed by atoms with van der Waals surface area (Å²) in [4.78, 5) is 14.6. The number of carbonyl (C=O) groups is 1. The summed E-state index contributed by atoms with van der Waals surface area (Å²) in [7, 11) is 0. The Labute approximate surface area is 127 Å². The van der Waals surface area contributed by atoms with Crippen LogP contribution in [0.1, 0.15) is 31.7 Å². The summed E-state index contributed by atoms with van der Waals surface area (Å²) in [6.45, 7) is 5.44. The number of aryl methyl sites for hydroxylation is 1. The van der Waals surface area contributed by atoms with Gasteiger partial charge in [-0.2, -0.15) is 0 Å². The topological polar surface area (TPSA) is 46.3 Å². The predicted molar refractivity (Wildman–Crippen MR) is 86.3 cm³/mol. The second-order valence-electron chi connectivity index (χ2n) is 5.45. The Balaban J connectivity index is 0.00000200. The van der Waals surface area contributed by atoms with Gasteiger partial charge in [-0.25, -0.2) is 0 Å². The van der Waals surface area contributed by atoms with Crippen LogP contribution >= 0.6 is 12.4 Å². The molecule has 4 heteroatoms. The standard InChI is InChI=1S/C16H24N2O.ClH/c1-3-18(14-8-4-6-12(2)10-14)16(19)15-9-5-7-13(15)11-17;/h4,6,8,10,13,15H,3,5,7,9,11,17H2,1-2H3;1H/t13-,15-;/m1./s1. The van der Waals surface area contributed by atoms with Gasteiger partial charge in [0, 0.05) is 18.2 Å². The highest BCUT2D eigenvalue weighted by molar-refractivity contribution is 5.95. The Morgan fingerprint density at radius 2 is 2.15 bits per heavy atom. The Hall–Kier alpha value is -1.06. The molecule has 1 aliphatic rings. The van der Waals surface area contributed by atoms with Crippen molar-refractivity contribution in [3.8, 4) is 0 Å². The summed E-state index contributed by atoms with van der Waals surface area (Å²) in [5.74, 6) is 0.734. The summed E-state index contributed by atoms with van der Waals surface area (Å²) in [5.41, 5.74) is 7.99. The molecule has 2 atom stereocenters. The maximum absolute atomic E-state index is 12.7. The van der Waals surface area contributed by atoms with Crippen molar-refractivity contribution in [1.82, 2.24) is 0 Å². The van der Waals surface area contributed by atoms with Gasteiger partial charge in [0.15, 0.2) is 0 Å². The van der Waals surface area contributed by atoms with Crippen molar-refractivity contribution in [2.75, 3.05) is 18.0 Å². The van der Waals surface area contributed by atoms with E-state index < -0.39 is 0 Å². The Bertz CT molecular complexity index is 450. The fourth-order valence-electron chi connectivity index (χ4n) is 3.11. The van der Waals surface area contributed by atoms with Gasteiger partial charge < -0.3 is 10.6 Å². The SMILES string of the molecule is CCN(C(=O)[C@@H]1CCC[C@@H]1CN)c1cccc(C)c1.Cl. The van der Waals surface area contributed by atoms with Crippen LogP contribution in [0.2, 0.25) is 0 Å². The molecule has 1 aromatic carbocycles. The molecule has 2 N–H and O–H groups in total. The second kappa shape index (κ2) is 7.65. The molecule has 1 fully saturated rings. The zero-order chi connectivity index (χ0) is 13.8. The zero-order valence-corrected chi connectivity index (χ0v) is 13.2. The number of amides is 1. The molecule has 0 spiro atoms. The van der Waals surface area contributed by atoms with Crippen molar-refractivity contribution < 1.29 is 4.79 Å². The summed E-state index contributed by atoms with van der Waals surface area (Å²) in [6, 6.07) is 8.16. The van der Waals surface area contributed by atoms with E-state index in [2.05, 4.69) is 19.1 Å². The minimum absolute atomic E-state index is 0. The third-order valence-electron chi connectivity index (χ3n) is 4.17. The molecule has 1 aromatic rings. The van der Waals surface area contributed by atoms with E-state index in [0.717, 1.165) is 31.5 Å².